The van der Waals surface area contributed by atoms with Crippen molar-refractivity contribution in [3.05, 3.63) is 18.0 Å². The van der Waals surface area contributed by atoms with Crippen LogP contribution in [-0.4, -0.2) is 39.7 Å². The van der Waals surface area contributed by atoms with Crippen LogP contribution in [0.25, 0.3) is 0 Å². The normalized spacial score (nSPS) is 22.9. The topological polar surface area (TPSA) is 64.2 Å². The van der Waals surface area contributed by atoms with E-state index in [9.17, 15) is 4.79 Å². The smallest absolute Gasteiger partial charge is 0.251 e. The van der Waals surface area contributed by atoms with Crippen molar-refractivity contribution in [1.29, 1.82) is 0 Å². The van der Waals surface area contributed by atoms with Gasteiger partial charge in [0, 0.05) is 25.3 Å². The minimum Gasteiger partial charge on any atom is -0.366 e. The van der Waals surface area contributed by atoms with Crippen molar-refractivity contribution in [2.24, 2.45) is 5.73 Å². The molecule has 2 heterocycles. The summed E-state index contributed by atoms with van der Waals surface area (Å²) in [5.74, 6) is -0.398. The highest BCUT2D eigenvalue weighted by Gasteiger charge is 2.34. The summed E-state index contributed by atoms with van der Waals surface area (Å²) in [6, 6.07) is 1.20. The van der Waals surface area contributed by atoms with Crippen molar-refractivity contribution in [2.45, 2.75) is 44.2 Å². The molecule has 0 spiro atoms. The van der Waals surface area contributed by atoms with Crippen LogP contribution in [0.2, 0.25) is 0 Å². The van der Waals surface area contributed by atoms with Crippen LogP contribution in [0.3, 0.4) is 0 Å². The van der Waals surface area contributed by atoms with E-state index in [-0.39, 0.29) is 0 Å². The number of hydrogen-bond acceptors (Lipinski definition) is 3. The number of primary amides is 1. The number of nitrogens with two attached hydrogens (primary N) is 1. The van der Waals surface area contributed by atoms with Crippen molar-refractivity contribution in [3.8, 4) is 0 Å². The number of carbonyl (C=O) groups is 1. The Balaban J connectivity index is 1.56. The van der Waals surface area contributed by atoms with E-state index in [1.165, 1.54) is 32.1 Å². The highest BCUT2D eigenvalue weighted by molar-refractivity contribution is 5.92. The molecule has 1 aliphatic heterocycles. The maximum absolute atomic E-state index is 11.0. The van der Waals surface area contributed by atoms with Crippen LogP contribution >= 0.6 is 0 Å². The molecule has 5 nitrogen and oxygen atoms in total. The lowest BCUT2D eigenvalue weighted by Crippen LogP contribution is -2.53. The summed E-state index contributed by atoms with van der Waals surface area (Å²) >= 11 is 0. The van der Waals surface area contributed by atoms with Crippen molar-refractivity contribution in [1.82, 2.24) is 14.7 Å². The molecule has 0 atom stereocenters. The van der Waals surface area contributed by atoms with Gasteiger partial charge in [0.25, 0.3) is 5.91 Å². The first-order valence-electron chi connectivity index (χ1n) is 6.82. The minimum absolute atomic E-state index is 0.398. The molecule has 1 aromatic rings. The van der Waals surface area contributed by atoms with Gasteiger partial charge in [-0.15, -0.1) is 0 Å². The van der Waals surface area contributed by atoms with Gasteiger partial charge >= 0.3 is 0 Å². The molecule has 0 unspecified atom stereocenters. The maximum Gasteiger partial charge on any atom is 0.251 e. The van der Waals surface area contributed by atoms with Crippen LogP contribution in [-0.2, 0) is 0 Å². The molecular weight excluding hydrogens is 228 g/mol. The Morgan fingerprint density at radius 2 is 1.94 bits per heavy atom. The number of nitrogens with zero attached hydrogens (tertiary/aromatic N) is 3. The number of likely N-dealkylation sites (tertiary alicyclic amines) is 1. The molecule has 98 valence electrons. The van der Waals surface area contributed by atoms with Crippen LogP contribution in [0.1, 0.15) is 48.5 Å². The Hall–Kier alpha value is -1.36. The summed E-state index contributed by atoms with van der Waals surface area (Å²) in [4.78, 5) is 13.6. The van der Waals surface area contributed by atoms with Gasteiger partial charge in [-0.3, -0.25) is 14.4 Å². The lowest BCUT2D eigenvalue weighted by molar-refractivity contribution is 0.0360. The minimum atomic E-state index is -0.398. The standard InChI is InChI=1S/C13H20N4O/c14-13(18)10-6-15-17(7-10)12-8-16(9-12)11-4-2-1-3-5-11/h6-7,11-12H,1-5,8-9H2,(H2,14,18). The Kier molecular flexibility index (Phi) is 3.07. The van der Waals surface area contributed by atoms with E-state index in [1.807, 2.05) is 4.68 Å². The third kappa shape index (κ3) is 2.14. The second kappa shape index (κ2) is 4.72. The molecule has 1 aromatic heterocycles. The van der Waals surface area contributed by atoms with E-state index < -0.39 is 5.91 Å². The Bertz CT molecular complexity index is 430. The van der Waals surface area contributed by atoms with Gasteiger partial charge in [-0.05, 0) is 12.8 Å². The molecule has 2 N–H and O–H groups in total. The number of hydrogen-bond donors (Lipinski definition) is 1. The van der Waals surface area contributed by atoms with E-state index in [2.05, 4.69) is 10.00 Å². The van der Waals surface area contributed by atoms with Crippen LogP contribution in [0.4, 0.5) is 0 Å². The fourth-order valence-corrected chi connectivity index (χ4v) is 3.06. The Morgan fingerprint density at radius 1 is 1.22 bits per heavy atom. The van der Waals surface area contributed by atoms with Gasteiger partial charge in [0.2, 0.25) is 0 Å². The first kappa shape index (κ1) is 11.7. The molecule has 1 aliphatic carbocycles. The van der Waals surface area contributed by atoms with Gasteiger partial charge < -0.3 is 5.73 Å². The summed E-state index contributed by atoms with van der Waals surface area (Å²) in [7, 11) is 0. The monoisotopic (exact) mass is 248 g/mol. The zero-order chi connectivity index (χ0) is 12.5. The van der Waals surface area contributed by atoms with Crippen molar-refractivity contribution in [3.63, 3.8) is 0 Å². The SMILES string of the molecule is NC(=O)c1cnn(C2CN(C3CCCCC3)C2)c1. The summed E-state index contributed by atoms with van der Waals surface area (Å²) in [5.41, 5.74) is 5.73. The lowest BCUT2D eigenvalue weighted by atomic mass is 9.91. The number of amides is 1. The second-order valence-corrected chi connectivity index (χ2v) is 5.47. The first-order valence-corrected chi connectivity index (χ1v) is 6.82. The molecule has 1 saturated heterocycles. The number of aromatic nitrogens is 2. The molecule has 1 amide bonds. The Labute approximate surface area is 107 Å². The average molecular weight is 248 g/mol. The molecule has 18 heavy (non-hydrogen) atoms. The molecule has 0 aromatic carbocycles. The largest absolute Gasteiger partial charge is 0.366 e. The van der Waals surface area contributed by atoms with Crippen LogP contribution in [0.15, 0.2) is 12.4 Å². The maximum atomic E-state index is 11.0. The van der Waals surface area contributed by atoms with E-state index in [0.29, 0.717) is 11.6 Å². The summed E-state index contributed by atoms with van der Waals surface area (Å²) in [5, 5.41) is 4.23. The molecule has 5 heteroatoms. The van der Waals surface area contributed by atoms with Crippen molar-refractivity contribution in [2.75, 3.05) is 13.1 Å². The van der Waals surface area contributed by atoms with Crippen LogP contribution in [0, 0.1) is 0 Å². The number of carbonyl (C=O) groups excluding carboxylic acids is 1. The van der Waals surface area contributed by atoms with Crippen molar-refractivity contribution >= 4 is 5.91 Å². The van der Waals surface area contributed by atoms with Gasteiger partial charge in [-0.25, -0.2) is 0 Å². The molecule has 3 rings (SSSR count). The van der Waals surface area contributed by atoms with Gasteiger partial charge in [0.05, 0.1) is 17.8 Å². The first-order chi connectivity index (χ1) is 8.74. The quantitative estimate of drug-likeness (QED) is 0.873. The molecule has 1 saturated carbocycles. The van der Waals surface area contributed by atoms with Gasteiger partial charge in [0.1, 0.15) is 0 Å². The second-order valence-electron chi connectivity index (χ2n) is 5.47. The van der Waals surface area contributed by atoms with Gasteiger partial charge in [0.15, 0.2) is 0 Å². The highest BCUT2D eigenvalue weighted by atomic mass is 16.1. The van der Waals surface area contributed by atoms with E-state index >= 15 is 0 Å². The predicted molar refractivity (Wildman–Crippen MR) is 68.2 cm³/mol. The molecule has 2 fully saturated rings. The predicted octanol–water partition coefficient (Wildman–Crippen LogP) is 1.17. The number of rotatable bonds is 3. The average Bonchev–Trinajstić information content (AvgIpc) is 2.78. The highest BCUT2D eigenvalue weighted by Crippen LogP contribution is 2.30. The van der Waals surface area contributed by atoms with E-state index in [0.717, 1.165) is 19.1 Å². The molecular formula is C13H20N4O. The molecule has 0 bridgehead atoms. The third-order valence-corrected chi connectivity index (χ3v) is 4.24. The van der Waals surface area contributed by atoms with Crippen LogP contribution in [0.5, 0.6) is 0 Å². The Morgan fingerprint density at radius 3 is 2.56 bits per heavy atom. The summed E-state index contributed by atoms with van der Waals surface area (Å²) in [6.45, 7) is 2.12. The molecule has 0 radical (unpaired) electrons. The lowest BCUT2D eigenvalue weighted by Gasteiger charge is -2.45. The summed E-state index contributed by atoms with van der Waals surface area (Å²) < 4.78 is 1.89. The van der Waals surface area contributed by atoms with E-state index in [1.54, 1.807) is 12.4 Å². The van der Waals surface area contributed by atoms with Gasteiger partial charge in [-0.1, -0.05) is 19.3 Å². The fraction of sp³-hybridized carbons (Fsp3) is 0.692. The van der Waals surface area contributed by atoms with E-state index in [4.69, 9.17) is 5.73 Å². The zero-order valence-corrected chi connectivity index (χ0v) is 10.6. The summed E-state index contributed by atoms with van der Waals surface area (Å²) in [6.07, 6.45) is 10.2. The zero-order valence-electron chi connectivity index (χ0n) is 10.6. The third-order valence-electron chi connectivity index (χ3n) is 4.24. The fourth-order valence-electron chi connectivity index (χ4n) is 3.06. The van der Waals surface area contributed by atoms with Gasteiger partial charge in [-0.2, -0.15) is 5.10 Å². The molecule has 2 aliphatic rings. The van der Waals surface area contributed by atoms with Crippen LogP contribution < -0.4 is 5.73 Å². The van der Waals surface area contributed by atoms with Crippen molar-refractivity contribution < 1.29 is 4.79 Å².